The van der Waals surface area contributed by atoms with Crippen LogP contribution in [0, 0.1) is 11.3 Å². The van der Waals surface area contributed by atoms with Crippen LogP contribution in [-0.2, 0) is 4.74 Å². The predicted octanol–water partition coefficient (Wildman–Crippen LogP) is 2.02. The standard InChI is InChI=1S/C14H29N3O/c1-6-16-14(3,12-15)9-7-8-10-17(4)13(2)11-18-5/h13,16H,6-11H2,1-5H3. The van der Waals surface area contributed by atoms with Crippen molar-refractivity contribution in [2.24, 2.45) is 0 Å². The van der Waals surface area contributed by atoms with Gasteiger partial charge in [0, 0.05) is 13.2 Å². The Labute approximate surface area is 112 Å². The Kier molecular flexibility index (Phi) is 8.99. The van der Waals surface area contributed by atoms with Crippen molar-refractivity contribution in [2.45, 2.75) is 51.6 Å². The van der Waals surface area contributed by atoms with E-state index in [4.69, 9.17) is 10.00 Å². The highest BCUT2D eigenvalue weighted by Crippen LogP contribution is 2.13. The maximum Gasteiger partial charge on any atom is 0.103 e. The molecule has 0 saturated carbocycles. The maximum absolute atomic E-state index is 9.14. The quantitative estimate of drug-likeness (QED) is 0.607. The topological polar surface area (TPSA) is 48.3 Å². The zero-order chi connectivity index (χ0) is 14.0. The number of rotatable bonds is 10. The van der Waals surface area contributed by atoms with Crippen molar-refractivity contribution in [3.05, 3.63) is 0 Å². The third-order valence-electron chi connectivity index (χ3n) is 3.41. The largest absolute Gasteiger partial charge is 0.383 e. The average molecular weight is 255 g/mol. The van der Waals surface area contributed by atoms with Gasteiger partial charge in [0.25, 0.3) is 0 Å². The Morgan fingerprint density at radius 1 is 1.44 bits per heavy atom. The van der Waals surface area contributed by atoms with Crippen molar-refractivity contribution < 1.29 is 4.74 Å². The molecule has 2 atom stereocenters. The lowest BCUT2D eigenvalue weighted by Crippen LogP contribution is -2.40. The minimum absolute atomic E-state index is 0.370. The fourth-order valence-corrected chi connectivity index (χ4v) is 2.00. The highest BCUT2D eigenvalue weighted by molar-refractivity contribution is 5.03. The Morgan fingerprint density at radius 3 is 2.61 bits per heavy atom. The van der Waals surface area contributed by atoms with Gasteiger partial charge in [0.15, 0.2) is 0 Å². The molecule has 4 heteroatoms. The van der Waals surface area contributed by atoms with Gasteiger partial charge >= 0.3 is 0 Å². The Bertz CT molecular complexity index is 252. The molecule has 0 aromatic carbocycles. The lowest BCUT2D eigenvalue weighted by Gasteiger charge is -2.25. The lowest BCUT2D eigenvalue weighted by molar-refractivity contribution is 0.114. The van der Waals surface area contributed by atoms with Crippen LogP contribution in [0.2, 0.25) is 0 Å². The summed E-state index contributed by atoms with van der Waals surface area (Å²) in [6.07, 6.45) is 3.10. The van der Waals surface area contributed by atoms with Crippen LogP contribution in [0.5, 0.6) is 0 Å². The van der Waals surface area contributed by atoms with E-state index in [1.807, 2.05) is 13.8 Å². The molecular formula is C14H29N3O. The molecule has 0 heterocycles. The molecule has 4 nitrogen and oxygen atoms in total. The van der Waals surface area contributed by atoms with Gasteiger partial charge in [0.1, 0.15) is 5.54 Å². The van der Waals surface area contributed by atoms with E-state index in [9.17, 15) is 0 Å². The number of nitrogens with one attached hydrogen (secondary N) is 1. The molecule has 0 saturated heterocycles. The molecule has 0 aliphatic carbocycles. The minimum Gasteiger partial charge on any atom is -0.383 e. The molecule has 0 aliphatic rings. The molecule has 2 unspecified atom stereocenters. The maximum atomic E-state index is 9.14. The molecule has 0 aliphatic heterocycles. The van der Waals surface area contributed by atoms with Gasteiger partial charge in [-0.05, 0) is 53.2 Å². The van der Waals surface area contributed by atoms with Crippen molar-refractivity contribution in [2.75, 3.05) is 33.9 Å². The minimum atomic E-state index is -0.370. The van der Waals surface area contributed by atoms with Gasteiger partial charge in [-0.3, -0.25) is 5.32 Å². The third kappa shape index (κ3) is 6.95. The molecule has 106 valence electrons. The predicted molar refractivity (Wildman–Crippen MR) is 75.5 cm³/mol. The number of nitriles is 1. The van der Waals surface area contributed by atoms with Gasteiger partial charge in [0.2, 0.25) is 0 Å². The van der Waals surface area contributed by atoms with Crippen LogP contribution in [-0.4, -0.2) is 50.3 Å². The van der Waals surface area contributed by atoms with E-state index in [0.717, 1.165) is 39.0 Å². The molecule has 0 radical (unpaired) electrons. The first kappa shape index (κ1) is 17.4. The van der Waals surface area contributed by atoms with E-state index in [2.05, 4.69) is 30.3 Å². The highest BCUT2D eigenvalue weighted by atomic mass is 16.5. The molecule has 18 heavy (non-hydrogen) atoms. The van der Waals surface area contributed by atoms with Gasteiger partial charge in [-0.15, -0.1) is 0 Å². The molecule has 0 aromatic rings. The number of ether oxygens (including phenoxy) is 1. The van der Waals surface area contributed by atoms with E-state index in [1.54, 1.807) is 7.11 Å². The monoisotopic (exact) mass is 255 g/mol. The summed E-state index contributed by atoms with van der Waals surface area (Å²) >= 11 is 0. The van der Waals surface area contributed by atoms with E-state index in [-0.39, 0.29) is 5.54 Å². The van der Waals surface area contributed by atoms with Crippen molar-refractivity contribution in [3.8, 4) is 6.07 Å². The zero-order valence-corrected chi connectivity index (χ0v) is 12.6. The van der Waals surface area contributed by atoms with E-state index in [1.165, 1.54) is 0 Å². The van der Waals surface area contributed by atoms with Crippen LogP contribution in [0.4, 0.5) is 0 Å². The zero-order valence-electron chi connectivity index (χ0n) is 12.6. The average Bonchev–Trinajstić information content (AvgIpc) is 2.35. The molecule has 0 aromatic heterocycles. The fraction of sp³-hybridized carbons (Fsp3) is 0.929. The van der Waals surface area contributed by atoms with Crippen molar-refractivity contribution in [3.63, 3.8) is 0 Å². The van der Waals surface area contributed by atoms with Crippen LogP contribution in [0.25, 0.3) is 0 Å². The molecule has 1 N–H and O–H groups in total. The van der Waals surface area contributed by atoms with E-state index >= 15 is 0 Å². The summed E-state index contributed by atoms with van der Waals surface area (Å²) < 4.78 is 5.14. The van der Waals surface area contributed by atoms with Gasteiger partial charge in [0.05, 0.1) is 12.7 Å². The highest BCUT2D eigenvalue weighted by Gasteiger charge is 2.21. The summed E-state index contributed by atoms with van der Waals surface area (Å²) in [4.78, 5) is 2.31. The number of nitrogens with zero attached hydrogens (tertiary/aromatic N) is 2. The lowest BCUT2D eigenvalue weighted by atomic mass is 9.96. The van der Waals surface area contributed by atoms with Crippen molar-refractivity contribution >= 4 is 0 Å². The number of hydrogen-bond donors (Lipinski definition) is 1. The second-order valence-corrected chi connectivity index (χ2v) is 5.22. The Balaban J connectivity index is 3.82. The number of hydrogen-bond acceptors (Lipinski definition) is 4. The van der Waals surface area contributed by atoms with Crippen LogP contribution in [0.1, 0.15) is 40.0 Å². The third-order valence-corrected chi connectivity index (χ3v) is 3.41. The number of methoxy groups -OCH3 is 1. The van der Waals surface area contributed by atoms with Crippen molar-refractivity contribution in [1.29, 1.82) is 5.26 Å². The van der Waals surface area contributed by atoms with Crippen molar-refractivity contribution in [1.82, 2.24) is 10.2 Å². The summed E-state index contributed by atoms with van der Waals surface area (Å²) in [5, 5.41) is 12.4. The second-order valence-electron chi connectivity index (χ2n) is 5.22. The molecular weight excluding hydrogens is 226 g/mol. The first-order valence-electron chi connectivity index (χ1n) is 6.84. The summed E-state index contributed by atoms with van der Waals surface area (Å²) in [6.45, 7) is 8.85. The fourth-order valence-electron chi connectivity index (χ4n) is 2.00. The van der Waals surface area contributed by atoms with Crippen LogP contribution in [0.15, 0.2) is 0 Å². The molecule has 0 amide bonds. The summed E-state index contributed by atoms with van der Waals surface area (Å²) in [5.41, 5.74) is -0.370. The normalized spacial score (nSPS) is 16.3. The second kappa shape index (κ2) is 9.32. The Morgan fingerprint density at radius 2 is 2.11 bits per heavy atom. The smallest absolute Gasteiger partial charge is 0.103 e. The molecule has 0 fully saturated rings. The van der Waals surface area contributed by atoms with E-state index < -0.39 is 0 Å². The summed E-state index contributed by atoms with van der Waals surface area (Å²) in [6, 6.07) is 2.82. The van der Waals surface area contributed by atoms with Gasteiger partial charge in [-0.25, -0.2) is 0 Å². The van der Waals surface area contributed by atoms with Crippen LogP contribution in [0.3, 0.4) is 0 Å². The molecule has 0 spiro atoms. The van der Waals surface area contributed by atoms with Crippen LogP contribution >= 0.6 is 0 Å². The number of likely N-dealkylation sites (N-methyl/N-ethyl adjacent to an activating group) is 1. The Hall–Kier alpha value is -0.630. The number of unbranched alkanes of at least 4 members (excludes halogenated alkanes) is 1. The summed E-state index contributed by atoms with van der Waals surface area (Å²) in [7, 11) is 3.86. The summed E-state index contributed by atoms with van der Waals surface area (Å²) in [5.74, 6) is 0. The van der Waals surface area contributed by atoms with Crippen LogP contribution < -0.4 is 5.32 Å². The van der Waals surface area contributed by atoms with E-state index in [0.29, 0.717) is 6.04 Å². The van der Waals surface area contributed by atoms with Gasteiger partial charge in [-0.1, -0.05) is 6.92 Å². The van der Waals surface area contributed by atoms with Gasteiger partial charge < -0.3 is 9.64 Å². The molecule has 0 rings (SSSR count). The first-order chi connectivity index (χ1) is 8.49. The van der Waals surface area contributed by atoms with Gasteiger partial charge in [-0.2, -0.15) is 5.26 Å². The first-order valence-corrected chi connectivity index (χ1v) is 6.84. The SMILES string of the molecule is CCNC(C)(C#N)CCCCN(C)C(C)COC. The molecule has 0 bridgehead atoms.